The van der Waals surface area contributed by atoms with E-state index in [1.54, 1.807) is 55.8 Å². The van der Waals surface area contributed by atoms with Crippen LogP contribution < -0.4 is 25.8 Å². The quantitative estimate of drug-likeness (QED) is 0.0983. The van der Waals surface area contributed by atoms with Crippen LogP contribution in [0.3, 0.4) is 0 Å². The van der Waals surface area contributed by atoms with Crippen LogP contribution in [0.2, 0.25) is 10.0 Å². The van der Waals surface area contributed by atoms with Crippen LogP contribution in [0.25, 0.3) is 0 Å². The highest BCUT2D eigenvalue weighted by Gasteiger charge is 2.66. The number of hydrogen-bond donors (Lipinski definition) is 5. The van der Waals surface area contributed by atoms with Crippen molar-refractivity contribution in [1.29, 1.82) is 0 Å². The van der Waals surface area contributed by atoms with Gasteiger partial charge in [0.25, 0.3) is 0 Å². The van der Waals surface area contributed by atoms with Gasteiger partial charge in [-0.3, -0.25) is 29.8 Å². The van der Waals surface area contributed by atoms with E-state index in [0.717, 1.165) is 33.4 Å². The minimum absolute atomic E-state index is 0.0841. The molecule has 16 unspecified atom stereocenters. The number of alkyl carbamates (subject to hydrolysis) is 2. The van der Waals surface area contributed by atoms with Crippen LogP contribution in [0.15, 0.2) is 71.9 Å². The molecule has 0 aliphatic carbocycles. The molecule has 16 atom stereocenters. The average Bonchev–Trinajstić information content (AvgIpc) is 1.60. The minimum Gasteiger partial charge on any atom is -0.457 e. The lowest BCUT2D eigenvalue weighted by Gasteiger charge is -2.41. The van der Waals surface area contributed by atoms with E-state index in [4.69, 9.17) is 51.6 Å². The Labute approximate surface area is 539 Å². The van der Waals surface area contributed by atoms with E-state index in [2.05, 4.69) is 16.0 Å². The van der Waals surface area contributed by atoms with Gasteiger partial charge in [0.2, 0.25) is 17.7 Å². The zero-order chi connectivity index (χ0) is 66.9. The number of benzene rings is 2. The molecule has 2 aromatic rings. The summed E-state index contributed by atoms with van der Waals surface area (Å²) in [6.07, 6.45) is 6.55. The first-order valence-electron chi connectivity index (χ1n) is 30.9. The Hall–Kier alpha value is -6.33. The number of fused-ring (bicyclic) bond motifs is 10. The Bertz CT molecular complexity index is 3230. The maximum absolute atomic E-state index is 13.9. The highest BCUT2D eigenvalue weighted by molar-refractivity contribution is 6.35. The van der Waals surface area contributed by atoms with Gasteiger partial charge in [-0.2, -0.15) is 0 Å². The number of amides is 5. The Morgan fingerprint density at radius 3 is 1.47 bits per heavy atom. The number of rotatable bonds is 7. The fraction of sp³-hybridized carbons (Fsp3) is 0.597. The lowest BCUT2D eigenvalue weighted by molar-refractivity contribution is -0.162. The third kappa shape index (κ3) is 15.8. The van der Waals surface area contributed by atoms with Gasteiger partial charge < -0.3 is 58.7 Å². The van der Waals surface area contributed by atoms with Crippen LogP contribution in [0.1, 0.15) is 131 Å². The number of nitrogens with one attached hydrogen (secondary N) is 3. The normalized spacial score (nSPS) is 34.8. The molecule has 90 heavy (non-hydrogen) atoms. The first kappa shape index (κ1) is 71.1. The predicted octanol–water partition coefficient (Wildman–Crippen LogP) is 9.04. The highest BCUT2D eigenvalue weighted by Crippen LogP contribution is 2.51. The number of aliphatic hydroxyl groups is 2. The van der Waals surface area contributed by atoms with E-state index >= 15 is 0 Å². The molecule has 0 radical (unpaired) electrons. The SMILES string of the molecule is CCC(=O)N(C)C(C)C(=O)OC1CC(=O)N(C)c2cc(cc(C)c2Cl)C/C(C)=C/C=C/C(C)C2(O)CC(OC(=O)N2)C(C)C2OC12C.CNC(C)C(=O)OC1CC(=O)N(C)c2cc(cc(C)c2Cl)C/C(C)=C/C=C/C(C)C2(O)CC(OC(=O)N2)C(C)C2OC12C. The number of likely N-dealkylation sites (N-methyl/N-ethyl adjacent to an activating group) is 2. The maximum atomic E-state index is 13.9. The average molecular weight is 1290 g/mol. The molecule has 6 aliphatic heterocycles. The number of nitrogens with zero attached hydrogens (tertiary/aromatic N) is 3. The van der Waals surface area contributed by atoms with Crippen molar-refractivity contribution in [2.75, 3.05) is 38.0 Å². The molecule has 6 aliphatic rings. The van der Waals surface area contributed by atoms with Crippen LogP contribution in [0.4, 0.5) is 21.0 Å². The molecule has 0 spiro atoms. The van der Waals surface area contributed by atoms with Crippen LogP contribution in [0, 0.1) is 37.5 Å². The van der Waals surface area contributed by atoms with Crippen molar-refractivity contribution in [2.24, 2.45) is 23.7 Å². The van der Waals surface area contributed by atoms with E-state index in [1.807, 2.05) is 116 Å². The molecule has 0 saturated carbocycles. The maximum Gasteiger partial charge on any atom is 0.409 e. The molecule has 4 saturated heterocycles. The predicted molar refractivity (Wildman–Crippen MR) is 342 cm³/mol. The number of carbonyl (C=O) groups excluding carboxylic acids is 7. The van der Waals surface area contributed by atoms with Gasteiger partial charge in [-0.15, -0.1) is 0 Å². The number of halogens is 2. The number of aryl methyl sites for hydroxylation is 2. The molecular weight excluding hydrogens is 1200 g/mol. The number of esters is 2. The van der Waals surface area contributed by atoms with Gasteiger partial charge in [0, 0.05) is 64.1 Å². The molecule has 494 valence electrons. The Morgan fingerprint density at radius 1 is 0.700 bits per heavy atom. The molecule has 8 rings (SSSR count). The summed E-state index contributed by atoms with van der Waals surface area (Å²) in [7, 11) is 6.46. The van der Waals surface area contributed by atoms with Gasteiger partial charge in [-0.1, -0.05) is 118 Å². The van der Waals surface area contributed by atoms with Crippen molar-refractivity contribution in [3.8, 4) is 0 Å². The van der Waals surface area contributed by atoms with Crippen molar-refractivity contribution in [3.63, 3.8) is 0 Å². The molecular formula is C67H92Cl2N6O15. The molecule has 21 nitrogen and oxygen atoms in total. The summed E-state index contributed by atoms with van der Waals surface area (Å²) in [6.45, 7) is 23.6. The van der Waals surface area contributed by atoms with E-state index in [0.29, 0.717) is 34.3 Å². The number of ether oxygens (including phenoxy) is 6. The smallest absolute Gasteiger partial charge is 0.409 e. The molecule has 6 heterocycles. The van der Waals surface area contributed by atoms with Gasteiger partial charge in [-0.05, 0) is 110 Å². The standard InChI is InChI=1S/C35H48ClN3O8.C32H44ClN3O7/c1-10-28(40)38(8)23(6)32(42)46-27-17-29(41)39(9)25-16-24(15-20(3)30(25)36)14-19(2)12-11-13-21(4)35(44)18-26(45-33(43)37-35)22(5)31-34(27,7)47-31;1-17-10-9-11-19(3)32(40)16-24(41-30(39)35-32)20(4)28-31(6,43-28)25(42-29(38)21(5)34-7)15-26(37)36(8)23-14-22(12-17)13-18(2)27(23)33/h11-13,15-16,21-23,26-27,31,44H,10,14,17-18H2,1-9H3,(H,37,43);9-11,13-14,19-21,24-25,28,34,40H,12,15-16H2,1-8H3,(H,35,39)/b13-11+,19-12+;11-9+,17-10+. The first-order valence-corrected chi connectivity index (χ1v) is 31.7. The molecule has 23 heteroatoms. The van der Waals surface area contributed by atoms with Crippen LogP contribution in [0.5, 0.6) is 0 Å². The second kappa shape index (κ2) is 28.3. The van der Waals surface area contributed by atoms with Crippen LogP contribution in [-0.2, 0) is 65.2 Å². The molecule has 8 bridgehead atoms. The van der Waals surface area contributed by atoms with Crippen LogP contribution >= 0.6 is 23.2 Å². The third-order valence-corrected chi connectivity index (χ3v) is 20.1. The van der Waals surface area contributed by atoms with E-state index < -0.39 is 113 Å². The summed E-state index contributed by atoms with van der Waals surface area (Å²) in [4.78, 5) is 96.0. The number of carbonyl (C=O) groups is 7. The van der Waals surface area contributed by atoms with Crippen molar-refractivity contribution in [2.45, 2.75) is 206 Å². The van der Waals surface area contributed by atoms with Crippen molar-refractivity contribution < 1.29 is 72.2 Å². The summed E-state index contributed by atoms with van der Waals surface area (Å²) in [6, 6.07) is 6.22. The third-order valence-electron chi connectivity index (χ3n) is 19.1. The summed E-state index contributed by atoms with van der Waals surface area (Å²) in [5.41, 5.74) is 1.41. The number of epoxide rings is 2. The van der Waals surface area contributed by atoms with Gasteiger partial charge >= 0.3 is 24.1 Å². The second-order valence-corrected chi connectivity index (χ2v) is 26.7. The minimum atomic E-state index is -1.58. The zero-order valence-electron chi connectivity index (χ0n) is 55.0. The summed E-state index contributed by atoms with van der Waals surface area (Å²) in [5.74, 6) is -3.82. The van der Waals surface area contributed by atoms with Gasteiger partial charge in [0.1, 0.15) is 59.2 Å². The lowest BCUT2D eigenvalue weighted by Crippen LogP contribution is -2.60. The van der Waals surface area contributed by atoms with Crippen molar-refractivity contribution in [1.82, 2.24) is 20.9 Å². The number of allylic oxidation sites excluding steroid dienone is 6. The summed E-state index contributed by atoms with van der Waals surface area (Å²) >= 11 is 13.4. The van der Waals surface area contributed by atoms with E-state index in [-0.39, 0.29) is 55.7 Å². The lowest BCUT2D eigenvalue weighted by atomic mass is 9.82. The van der Waals surface area contributed by atoms with Crippen molar-refractivity contribution in [3.05, 3.63) is 104 Å². The molecule has 2 aromatic carbocycles. The molecule has 4 fully saturated rings. The summed E-state index contributed by atoms with van der Waals surface area (Å²) in [5, 5.41) is 32.1. The topological polar surface area (TPSA) is 268 Å². The highest BCUT2D eigenvalue weighted by atomic mass is 35.5. The summed E-state index contributed by atoms with van der Waals surface area (Å²) < 4.78 is 35.6. The van der Waals surface area contributed by atoms with Crippen molar-refractivity contribution >= 4 is 76.4 Å². The molecule has 5 amide bonds. The fourth-order valence-electron chi connectivity index (χ4n) is 12.3. The van der Waals surface area contributed by atoms with Gasteiger partial charge in [0.05, 0.1) is 46.5 Å². The Kier molecular flexibility index (Phi) is 22.3. The largest absolute Gasteiger partial charge is 0.457 e. The zero-order valence-corrected chi connectivity index (χ0v) is 56.5. The number of anilines is 2. The Balaban J connectivity index is 0.000000257. The van der Waals surface area contributed by atoms with Gasteiger partial charge in [-0.25, -0.2) is 14.4 Å². The Morgan fingerprint density at radius 2 is 1.09 bits per heavy atom. The second-order valence-electron chi connectivity index (χ2n) is 26.0. The molecule has 0 aromatic heterocycles. The monoisotopic (exact) mass is 1290 g/mol. The number of hydrogen-bond acceptors (Lipinski definition) is 16. The fourth-order valence-corrected chi connectivity index (χ4v) is 12.8. The van der Waals surface area contributed by atoms with E-state index in [9.17, 15) is 43.8 Å². The van der Waals surface area contributed by atoms with Crippen LogP contribution in [-0.4, -0.2) is 157 Å². The first-order chi connectivity index (χ1) is 42.0. The molecule has 5 N–H and O–H groups in total. The van der Waals surface area contributed by atoms with Gasteiger partial charge in [0.15, 0.2) is 0 Å². The van der Waals surface area contributed by atoms with E-state index in [1.165, 1.54) is 21.7 Å².